The van der Waals surface area contributed by atoms with E-state index >= 15 is 0 Å². The fourth-order valence-electron chi connectivity index (χ4n) is 3.50. The van der Waals surface area contributed by atoms with Gasteiger partial charge < -0.3 is 10.1 Å². The van der Waals surface area contributed by atoms with E-state index in [4.69, 9.17) is 4.74 Å². The molecule has 0 atom stereocenters. The lowest BCUT2D eigenvalue weighted by atomic mass is 10.0. The van der Waals surface area contributed by atoms with Crippen LogP contribution < -0.4 is 5.32 Å². The Bertz CT molecular complexity index is 1020. The van der Waals surface area contributed by atoms with E-state index in [1.165, 1.54) is 33.0 Å². The summed E-state index contributed by atoms with van der Waals surface area (Å²) in [5, 5.41) is 6.21. The van der Waals surface area contributed by atoms with Crippen molar-refractivity contribution in [1.82, 2.24) is 5.32 Å². The molecule has 0 spiro atoms. The van der Waals surface area contributed by atoms with Crippen molar-refractivity contribution >= 4 is 10.8 Å². The summed E-state index contributed by atoms with van der Waals surface area (Å²) in [5.41, 5.74) is 5.06. The van der Waals surface area contributed by atoms with Crippen molar-refractivity contribution in [2.24, 2.45) is 0 Å². The quantitative estimate of drug-likeness (QED) is 0.422. The zero-order valence-electron chi connectivity index (χ0n) is 16.0. The number of benzene rings is 4. The minimum atomic E-state index is 0.626. The van der Waals surface area contributed by atoms with Gasteiger partial charge in [-0.2, -0.15) is 0 Å². The second-order valence-electron chi connectivity index (χ2n) is 6.99. The normalized spacial score (nSPS) is 11.0. The molecule has 0 amide bonds. The number of ether oxygens (including phenoxy) is 1. The lowest BCUT2D eigenvalue weighted by molar-refractivity contribution is 0.106. The van der Waals surface area contributed by atoms with Gasteiger partial charge in [0.25, 0.3) is 0 Å². The average Bonchev–Trinajstić information content (AvgIpc) is 2.76. The van der Waals surface area contributed by atoms with E-state index in [1.807, 2.05) is 18.2 Å². The van der Waals surface area contributed by atoms with Crippen molar-refractivity contribution in [3.63, 3.8) is 0 Å². The Morgan fingerprint density at radius 3 is 2.07 bits per heavy atom. The Hall–Kier alpha value is -2.94. The van der Waals surface area contributed by atoms with Crippen molar-refractivity contribution in [2.75, 3.05) is 0 Å². The third-order valence-corrected chi connectivity index (χ3v) is 5.00. The van der Waals surface area contributed by atoms with E-state index < -0.39 is 0 Å². The highest BCUT2D eigenvalue weighted by Crippen LogP contribution is 2.18. The molecule has 4 rings (SSSR count). The van der Waals surface area contributed by atoms with Crippen molar-refractivity contribution in [1.29, 1.82) is 0 Å². The van der Waals surface area contributed by atoms with Gasteiger partial charge in [0.05, 0.1) is 13.2 Å². The summed E-state index contributed by atoms with van der Waals surface area (Å²) in [5.74, 6) is 0. The van der Waals surface area contributed by atoms with Crippen molar-refractivity contribution in [3.8, 4) is 0 Å². The van der Waals surface area contributed by atoms with Gasteiger partial charge in [0.2, 0.25) is 0 Å². The molecule has 0 bridgehead atoms. The smallest absolute Gasteiger partial charge is 0.0724 e. The molecule has 0 unspecified atom stereocenters. The molecule has 0 aromatic heterocycles. The van der Waals surface area contributed by atoms with Gasteiger partial charge in [-0.25, -0.2) is 0 Å². The molecule has 0 aliphatic heterocycles. The van der Waals surface area contributed by atoms with Crippen LogP contribution in [0.3, 0.4) is 0 Å². The summed E-state index contributed by atoms with van der Waals surface area (Å²) >= 11 is 0. The lowest BCUT2D eigenvalue weighted by Crippen LogP contribution is -2.14. The van der Waals surface area contributed by atoms with Gasteiger partial charge in [0.1, 0.15) is 0 Å². The SMILES string of the molecule is c1ccc(COCc2ccccc2CNCc2cccc3ccccc23)cc1. The summed E-state index contributed by atoms with van der Waals surface area (Å²) in [6, 6.07) is 33.9. The first-order chi connectivity index (χ1) is 13.9. The van der Waals surface area contributed by atoms with Crippen LogP contribution in [0.5, 0.6) is 0 Å². The van der Waals surface area contributed by atoms with Crippen molar-refractivity contribution < 1.29 is 4.74 Å². The minimum Gasteiger partial charge on any atom is -0.372 e. The molecule has 140 valence electrons. The summed E-state index contributed by atoms with van der Waals surface area (Å²) in [7, 11) is 0. The third kappa shape index (κ3) is 4.66. The van der Waals surface area contributed by atoms with Crippen molar-refractivity contribution in [2.45, 2.75) is 26.3 Å². The first-order valence-electron chi connectivity index (χ1n) is 9.76. The van der Waals surface area contributed by atoms with E-state index in [0.717, 1.165) is 13.1 Å². The predicted molar refractivity (Wildman–Crippen MR) is 116 cm³/mol. The van der Waals surface area contributed by atoms with E-state index in [9.17, 15) is 0 Å². The topological polar surface area (TPSA) is 21.3 Å². The Labute approximate surface area is 166 Å². The Morgan fingerprint density at radius 2 is 1.18 bits per heavy atom. The van der Waals surface area contributed by atoms with Crippen LogP contribution in [0.4, 0.5) is 0 Å². The first-order valence-corrected chi connectivity index (χ1v) is 9.76. The molecule has 0 radical (unpaired) electrons. The molecule has 0 heterocycles. The molecule has 28 heavy (non-hydrogen) atoms. The van der Waals surface area contributed by atoms with E-state index in [0.29, 0.717) is 13.2 Å². The number of hydrogen-bond acceptors (Lipinski definition) is 2. The van der Waals surface area contributed by atoms with Crippen LogP contribution in [0.25, 0.3) is 10.8 Å². The van der Waals surface area contributed by atoms with Gasteiger partial charge in [-0.3, -0.25) is 0 Å². The van der Waals surface area contributed by atoms with Gasteiger partial charge in [-0.15, -0.1) is 0 Å². The molecule has 4 aromatic rings. The molecule has 4 aromatic carbocycles. The molecular weight excluding hydrogens is 342 g/mol. The van der Waals surface area contributed by atoms with E-state index in [1.54, 1.807) is 0 Å². The molecule has 0 fully saturated rings. The van der Waals surface area contributed by atoms with Gasteiger partial charge in [0, 0.05) is 13.1 Å². The molecule has 0 saturated carbocycles. The Balaban J connectivity index is 1.36. The Morgan fingerprint density at radius 1 is 0.536 bits per heavy atom. The van der Waals surface area contributed by atoms with Crippen LogP contribution in [0.15, 0.2) is 97.1 Å². The first kappa shape index (κ1) is 18.4. The summed E-state index contributed by atoms with van der Waals surface area (Å²) in [4.78, 5) is 0. The second-order valence-corrected chi connectivity index (χ2v) is 6.99. The van der Waals surface area contributed by atoms with Gasteiger partial charge in [-0.1, -0.05) is 97.1 Å². The van der Waals surface area contributed by atoms with Gasteiger partial charge >= 0.3 is 0 Å². The second kappa shape index (κ2) is 9.32. The average molecular weight is 367 g/mol. The molecule has 0 saturated heterocycles. The zero-order valence-corrected chi connectivity index (χ0v) is 16.0. The highest BCUT2D eigenvalue weighted by Gasteiger charge is 2.04. The fourth-order valence-corrected chi connectivity index (χ4v) is 3.50. The number of rotatable bonds is 8. The molecule has 2 nitrogen and oxygen atoms in total. The number of hydrogen-bond donors (Lipinski definition) is 1. The predicted octanol–water partition coefficient (Wildman–Crippen LogP) is 5.85. The molecular formula is C26H25NO. The Kier molecular flexibility index (Phi) is 6.13. The third-order valence-electron chi connectivity index (χ3n) is 5.00. The summed E-state index contributed by atoms with van der Waals surface area (Å²) in [6.45, 7) is 2.94. The van der Waals surface area contributed by atoms with Gasteiger partial charge in [0.15, 0.2) is 0 Å². The maximum atomic E-state index is 5.94. The molecule has 2 heteroatoms. The summed E-state index contributed by atoms with van der Waals surface area (Å²) < 4.78 is 5.94. The van der Waals surface area contributed by atoms with Crippen LogP contribution >= 0.6 is 0 Å². The molecule has 0 aliphatic rings. The highest BCUT2D eigenvalue weighted by molar-refractivity contribution is 5.85. The maximum Gasteiger partial charge on any atom is 0.0724 e. The largest absolute Gasteiger partial charge is 0.372 e. The zero-order chi connectivity index (χ0) is 19.0. The number of nitrogens with one attached hydrogen (secondary N) is 1. The van der Waals surface area contributed by atoms with Crippen LogP contribution in [-0.4, -0.2) is 0 Å². The lowest BCUT2D eigenvalue weighted by Gasteiger charge is -2.12. The van der Waals surface area contributed by atoms with Crippen molar-refractivity contribution in [3.05, 3.63) is 119 Å². The molecule has 1 N–H and O–H groups in total. The molecule has 0 aliphatic carbocycles. The fraction of sp³-hybridized carbons (Fsp3) is 0.154. The van der Waals surface area contributed by atoms with E-state index in [-0.39, 0.29) is 0 Å². The maximum absolute atomic E-state index is 5.94. The summed E-state index contributed by atoms with van der Waals surface area (Å²) in [6.07, 6.45) is 0. The minimum absolute atomic E-state index is 0.626. The van der Waals surface area contributed by atoms with Crippen LogP contribution in [-0.2, 0) is 31.0 Å². The van der Waals surface area contributed by atoms with Crippen LogP contribution in [0, 0.1) is 0 Å². The standard InChI is InChI=1S/C26H25NO/c1-2-9-21(10-3-1)19-28-20-25-13-5-4-12-23(25)17-27-18-24-15-8-14-22-11-6-7-16-26(22)24/h1-16,27H,17-20H2. The highest BCUT2D eigenvalue weighted by atomic mass is 16.5. The van der Waals surface area contributed by atoms with E-state index in [2.05, 4.69) is 84.2 Å². The monoisotopic (exact) mass is 367 g/mol. The van der Waals surface area contributed by atoms with Crippen LogP contribution in [0.2, 0.25) is 0 Å². The number of fused-ring (bicyclic) bond motifs is 1. The van der Waals surface area contributed by atoms with Crippen LogP contribution in [0.1, 0.15) is 22.3 Å². The van der Waals surface area contributed by atoms with Gasteiger partial charge in [-0.05, 0) is 33.0 Å².